The second-order valence-electron chi connectivity index (χ2n) is 14.2. The highest BCUT2D eigenvalue weighted by Crippen LogP contribution is 2.56. The van der Waals surface area contributed by atoms with Gasteiger partial charge in [0.25, 0.3) is 15.6 Å². The molecule has 1 aliphatic heterocycles. The number of imidazole rings is 1. The van der Waals surface area contributed by atoms with Gasteiger partial charge in [-0.05, 0) is 5.56 Å². The molecule has 0 bridgehead atoms. The summed E-state index contributed by atoms with van der Waals surface area (Å²) in [5, 5.41) is 47.2. The van der Waals surface area contributed by atoms with Gasteiger partial charge in [-0.3, -0.25) is 28.1 Å². The van der Waals surface area contributed by atoms with Crippen molar-refractivity contribution >= 4 is 75.1 Å². The van der Waals surface area contributed by atoms with Gasteiger partial charge in [-0.1, -0.05) is 55.9 Å². The van der Waals surface area contributed by atoms with E-state index in [-0.39, 0.29) is 42.2 Å². The molecule has 1 aliphatic rings. The molecular weight excluding hydrogens is 927 g/mol. The summed E-state index contributed by atoms with van der Waals surface area (Å²) < 4.78 is 60.6. The normalized spacial score (nSPS) is 21.5. The minimum absolute atomic E-state index is 0.00193. The fourth-order valence-electron chi connectivity index (χ4n) is 5.75. The number of aliphatic carboxylic acids is 1. The molecule has 2 unspecified atom stereocenters. The number of benzene rings is 1. The number of thioether (sulfide) groups is 1. The zero-order chi connectivity index (χ0) is 46.9. The van der Waals surface area contributed by atoms with Gasteiger partial charge in [-0.2, -0.15) is 0 Å². The van der Waals surface area contributed by atoms with Gasteiger partial charge >= 0.3 is 0 Å². The Hall–Kier alpha value is -3.79. The summed E-state index contributed by atoms with van der Waals surface area (Å²) in [6, 6.07) is 7.93. The first-order chi connectivity index (χ1) is 29.3. The third-order valence-electron chi connectivity index (χ3n) is 8.93. The van der Waals surface area contributed by atoms with Crippen molar-refractivity contribution in [2.24, 2.45) is 11.3 Å². The Labute approximate surface area is 361 Å². The van der Waals surface area contributed by atoms with E-state index in [0.29, 0.717) is 17.3 Å². The number of fused-ring (bicyclic) bond motifs is 1. The lowest BCUT2D eigenvalue weighted by molar-refractivity contribution is -0.347. The standard InChI is InChI=1S/C32H46N7O20P3S/c1-32(2,26(45)29(46)35-9-8-20(40)34-10-11-63-31(47)18(12-21(41)42)23(43)17-6-4-3-5-7-17)14-56-62(53,54)59-61(51,52)55-13-19-25(58-60(48,49)50)24(44)30(57-19)39-16-38-22-27(33)36-15-37-28(22)39/h3-7,15-16,18-19,23-26,30,43-45H,8-14H2,1-2H3,(H,34,40)(H,35,46)(H,41,42)(H,51,52)(H,53,54)(H2,33,36,37)(H2,48,49,50)/p-5/t18-,19+,23-,24+,25+,26-,30+/m0/s1. The molecule has 0 aliphatic carbocycles. The summed E-state index contributed by atoms with van der Waals surface area (Å²) in [4.78, 5) is 108. The predicted molar refractivity (Wildman–Crippen MR) is 203 cm³/mol. The third-order valence-corrected chi connectivity index (χ3v) is 12.9. The Morgan fingerprint density at radius 1 is 1.00 bits per heavy atom. The van der Waals surface area contributed by atoms with Crippen LogP contribution in [0.5, 0.6) is 0 Å². The molecule has 1 aromatic carbocycles. The van der Waals surface area contributed by atoms with Crippen LogP contribution in [-0.2, 0) is 55.5 Å². The zero-order valence-electron chi connectivity index (χ0n) is 32.9. The number of carbonyl (C=O) groups is 4. The maximum Gasteiger partial charge on any atom is 0.274 e. The van der Waals surface area contributed by atoms with Crippen molar-refractivity contribution < 1.29 is 95.5 Å². The Kier molecular flexibility index (Phi) is 18.0. The molecule has 1 fully saturated rings. The number of carbonyl (C=O) groups excluding carboxylic acids is 4. The number of nitrogens with one attached hydrogen (secondary N) is 2. The number of aliphatic hydroxyl groups excluding tert-OH is 3. The fourth-order valence-corrected chi connectivity index (χ4v) is 9.32. The number of hydrogen-bond acceptors (Lipinski definition) is 25. The molecule has 1 saturated heterocycles. The molecule has 3 heterocycles. The fraction of sp³-hybridized carbons (Fsp3) is 0.531. The lowest BCUT2D eigenvalue weighted by Gasteiger charge is -2.36. The maximum absolute atomic E-state index is 12.7. The van der Waals surface area contributed by atoms with Crippen LogP contribution in [-0.4, -0.2) is 114 Å². The van der Waals surface area contributed by atoms with Gasteiger partial charge in [0.05, 0.1) is 39.4 Å². The van der Waals surface area contributed by atoms with E-state index in [9.17, 15) is 72.9 Å². The summed E-state index contributed by atoms with van der Waals surface area (Å²) in [5.74, 6) is -4.66. The average molecular weight is 969 g/mol. The molecule has 27 nitrogen and oxygen atoms in total. The third kappa shape index (κ3) is 15.1. The Morgan fingerprint density at radius 2 is 1.67 bits per heavy atom. The molecule has 31 heteroatoms. The lowest BCUT2D eigenvalue weighted by atomic mass is 9.87. The van der Waals surface area contributed by atoms with E-state index in [4.69, 9.17) is 10.5 Å². The smallest absolute Gasteiger partial charge is 0.274 e. The summed E-state index contributed by atoms with van der Waals surface area (Å²) >= 11 is 0.681. The summed E-state index contributed by atoms with van der Waals surface area (Å²) in [6.45, 7) is -0.448. The molecule has 3 aromatic rings. The van der Waals surface area contributed by atoms with Crippen LogP contribution in [0.2, 0.25) is 0 Å². The number of phosphoric acid groups is 3. The van der Waals surface area contributed by atoms with E-state index < -0.39 is 114 Å². The van der Waals surface area contributed by atoms with E-state index in [1.54, 1.807) is 18.2 Å². The van der Waals surface area contributed by atoms with Crippen LogP contribution in [0.15, 0.2) is 43.0 Å². The number of carboxylic acid groups (broad SMARTS) is 1. The number of nitrogen functional groups attached to an aromatic ring is 1. The highest BCUT2D eigenvalue weighted by molar-refractivity contribution is 8.13. The van der Waals surface area contributed by atoms with Crippen LogP contribution < -0.4 is 41.0 Å². The molecular formula is C32H41N7O20P3S-5. The number of aliphatic hydroxyl groups is 3. The molecule has 0 spiro atoms. The number of amides is 2. The van der Waals surface area contributed by atoms with E-state index in [0.717, 1.165) is 31.1 Å². The minimum atomic E-state index is -5.96. The molecule has 9 atom stereocenters. The average Bonchev–Trinajstić information content (AvgIpc) is 3.76. The summed E-state index contributed by atoms with van der Waals surface area (Å²) in [6.07, 6.45) is -10.1. The second kappa shape index (κ2) is 21.9. The highest BCUT2D eigenvalue weighted by atomic mass is 32.2. The van der Waals surface area contributed by atoms with Crippen LogP contribution in [0.1, 0.15) is 44.6 Å². The molecule has 2 amide bonds. The molecule has 2 aromatic heterocycles. The predicted octanol–water partition coefficient (Wildman–Crippen LogP) is -4.37. The van der Waals surface area contributed by atoms with E-state index >= 15 is 0 Å². The SMILES string of the molecule is CC(C)(COP(=O)([O-])OP(=O)([O-])OC[C@H]1O[C@@H](n2cnc3c(N)ncnc32)[C@H](O)[C@@H]1OP(=O)([O-])[O-])[C@@H](O)C(=O)NCCC(=O)NCCSC(=O)[C@@H](CC(=O)[O-])[C@@H](O)c1ccccc1. The first-order valence-electron chi connectivity index (χ1n) is 18.2. The molecule has 63 heavy (non-hydrogen) atoms. The first kappa shape index (κ1) is 51.8. The van der Waals surface area contributed by atoms with Crippen LogP contribution in [0, 0.1) is 11.3 Å². The van der Waals surface area contributed by atoms with Crippen molar-refractivity contribution in [1.82, 2.24) is 30.2 Å². The zero-order valence-corrected chi connectivity index (χ0v) is 36.4. The maximum atomic E-state index is 12.7. The van der Waals surface area contributed by atoms with Crippen LogP contribution in [0.25, 0.3) is 11.2 Å². The van der Waals surface area contributed by atoms with E-state index in [1.165, 1.54) is 12.1 Å². The first-order valence-corrected chi connectivity index (χ1v) is 23.6. The number of phosphoric ester groups is 3. The van der Waals surface area contributed by atoms with Gasteiger partial charge in [-0.15, -0.1) is 0 Å². The van der Waals surface area contributed by atoms with Gasteiger partial charge < -0.3 is 84.0 Å². The van der Waals surface area contributed by atoms with Gasteiger partial charge in [0.15, 0.2) is 22.8 Å². The van der Waals surface area contributed by atoms with Crippen LogP contribution in [0.4, 0.5) is 5.82 Å². The molecule has 4 rings (SSSR count). The van der Waals surface area contributed by atoms with Crippen molar-refractivity contribution in [1.29, 1.82) is 0 Å². The quantitative estimate of drug-likeness (QED) is 0.0365. The van der Waals surface area contributed by atoms with Crippen molar-refractivity contribution in [2.75, 3.05) is 37.8 Å². The Balaban J connectivity index is 1.21. The molecule has 7 N–H and O–H groups in total. The lowest BCUT2D eigenvalue weighted by Crippen LogP contribution is -2.46. The molecule has 0 saturated carbocycles. The molecule has 0 radical (unpaired) electrons. The number of nitrogens with zero attached hydrogens (tertiary/aromatic N) is 4. The van der Waals surface area contributed by atoms with Crippen molar-refractivity contribution in [2.45, 2.75) is 63.4 Å². The number of hydrogen-bond donors (Lipinski definition) is 6. The molecule has 350 valence electrons. The Morgan fingerprint density at radius 3 is 2.32 bits per heavy atom. The number of aromatic nitrogens is 4. The second-order valence-corrected chi connectivity index (χ2v) is 19.4. The van der Waals surface area contributed by atoms with Gasteiger partial charge in [0.1, 0.15) is 36.3 Å². The number of rotatable bonds is 24. The van der Waals surface area contributed by atoms with Crippen molar-refractivity contribution in [3.8, 4) is 0 Å². The largest absolute Gasteiger partial charge is 0.790 e. The highest BCUT2D eigenvalue weighted by Gasteiger charge is 2.47. The monoisotopic (exact) mass is 968 g/mol. The van der Waals surface area contributed by atoms with Crippen LogP contribution in [0.3, 0.4) is 0 Å². The minimum Gasteiger partial charge on any atom is -0.790 e. The summed E-state index contributed by atoms with van der Waals surface area (Å²) in [7, 11) is -17.7. The Bertz CT molecular complexity index is 2230. The summed E-state index contributed by atoms with van der Waals surface area (Å²) in [5.41, 5.74) is 4.29. The number of anilines is 1. The van der Waals surface area contributed by atoms with E-state index in [2.05, 4.69) is 43.5 Å². The number of ether oxygens (including phenoxy) is 1. The topological polar surface area (TPSA) is 435 Å². The van der Waals surface area contributed by atoms with Crippen LogP contribution >= 0.6 is 35.2 Å². The van der Waals surface area contributed by atoms with Gasteiger partial charge in [0.2, 0.25) is 11.8 Å². The van der Waals surface area contributed by atoms with Crippen molar-refractivity contribution in [3.05, 3.63) is 48.5 Å². The van der Waals surface area contributed by atoms with Gasteiger partial charge in [0, 0.05) is 43.1 Å². The van der Waals surface area contributed by atoms with Gasteiger partial charge in [-0.25, -0.2) is 19.3 Å². The van der Waals surface area contributed by atoms with E-state index in [1.807, 2.05) is 0 Å². The number of carboxylic acids is 1. The van der Waals surface area contributed by atoms with Crippen molar-refractivity contribution in [3.63, 3.8) is 0 Å². The number of nitrogens with two attached hydrogens (primary N) is 1.